The number of ether oxygens (including phenoxy) is 2. The Balaban J connectivity index is 1.68. The minimum absolute atomic E-state index is 0.211. The maximum Gasteiger partial charge on any atom is 0.191 e. The number of nitrogens with one attached hydrogen (secondary N) is 2. The molecule has 0 aliphatic carbocycles. The lowest BCUT2D eigenvalue weighted by Crippen LogP contribution is -2.39. The van der Waals surface area contributed by atoms with Crippen molar-refractivity contribution in [2.75, 3.05) is 19.7 Å². The van der Waals surface area contributed by atoms with Gasteiger partial charge in [0, 0.05) is 43.6 Å². The van der Waals surface area contributed by atoms with E-state index in [9.17, 15) is 0 Å². The summed E-state index contributed by atoms with van der Waals surface area (Å²) >= 11 is 0. The van der Waals surface area contributed by atoms with Gasteiger partial charge in [-0.05, 0) is 32.4 Å². The average molecular weight is 415 g/mol. The Morgan fingerprint density at radius 2 is 2.10 bits per heavy atom. The fraction of sp³-hybridized carbons (Fsp3) is 0.591. The van der Waals surface area contributed by atoms with Gasteiger partial charge in [0.2, 0.25) is 0 Å². The van der Waals surface area contributed by atoms with Gasteiger partial charge in [-0.1, -0.05) is 13.8 Å². The molecule has 1 aliphatic heterocycles. The quantitative estimate of drug-likeness (QED) is 0.459. The summed E-state index contributed by atoms with van der Waals surface area (Å²) in [6.45, 7) is 11.9. The zero-order chi connectivity index (χ0) is 21.3. The summed E-state index contributed by atoms with van der Waals surface area (Å²) in [6, 6.07) is 4.19. The molecular formula is C22H34N6O2. The first-order valence-electron chi connectivity index (χ1n) is 11.0. The lowest BCUT2D eigenvalue weighted by Gasteiger charge is -2.14. The molecule has 2 N–H and O–H groups in total. The second-order valence-corrected chi connectivity index (χ2v) is 7.45. The van der Waals surface area contributed by atoms with Crippen LogP contribution >= 0.6 is 0 Å². The molecule has 8 nitrogen and oxygen atoms in total. The molecule has 1 aliphatic rings. The molecule has 3 rings (SSSR count). The molecule has 1 aromatic heterocycles. The largest absolute Gasteiger partial charge is 0.494 e. The highest BCUT2D eigenvalue weighted by atomic mass is 16.5. The van der Waals surface area contributed by atoms with Crippen molar-refractivity contribution in [2.24, 2.45) is 4.99 Å². The van der Waals surface area contributed by atoms with Gasteiger partial charge < -0.3 is 24.7 Å². The van der Waals surface area contributed by atoms with Crippen molar-refractivity contribution in [3.63, 3.8) is 0 Å². The first-order valence-corrected chi connectivity index (χ1v) is 11.0. The molecule has 164 valence electrons. The number of benzene rings is 1. The topological polar surface area (TPSA) is 85.6 Å². The van der Waals surface area contributed by atoms with Crippen LogP contribution in [0.4, 0.5) is 0 Å². The normalized spacial score (nSPS) is 15.6. The van der Waals surface area contributed by atoms with Crippen molar-refractivity contribution in [3.8, 4) is 11.5 Å². The summed E-state index contributed by atoms with van der Waals surface area (Å²) in [4.78, 5) is 4.80. The van der Waals surface area contributed by atoms with E-state index in [4.69, 9.17) is 14.5 Å². The second kappa shape index (κ2) is 10.8. The monoisotopic (exact) mass is 414 g/mol. The van der Waals surface area contributed by atoms with Crippen molar-refractivity contribution in [2.45, 2.75) is 66.2 Å². The number of hydrogen-bond acceptors (Lipinski definition) is 5. The number of aliphatic imine (C=N–C) groups is 1. The maximum atomic E-state index is 5.93. The fourth-order valence-corrected chi connectivity index (χ4v) is 3.51. The van der Waals surface area contributed by atoms with E-state index in [1.54, 1.807) is 6.33 Å². The number of guanidine groups is 1. The van der Waals surface area contributed by atoms with Crippen LogP contribution in [0.3, 0.4) is 0 Å². The third-order valence-corrected chi connectivity index (χ3v) is 4.99. The number of aryl methyl sites for hydroxylation is 1. The molecule has 1 atom stereocenters. The Morgan fingerprint density at radius 1 is 1.27 bits per heavy atom. The van der Waals surface area contributed by atoms with Crippen molar-refractivity contribution < 1.29 is 9.47 Å². The van der Waals surface area contributed by atoms with Gasteiger partial charge in [0.25, 0.3) is 0 Å². The lowest BCUT2D eigenvalue weighted by molar-refractivity contribution is 0.254. The van der Waals surface area contributed by atoms with Crippen LogP contribution in [0.15, 0.2) is 23.5 Å². The second-order valence-electron chi connectivity index (χ2n) is 7.45. The molecule has 0 saturated heterocycles. The van der Waals surface area contributed by atoms with E-state index in [0.717, 1.165) is 67.7 Å². The molecule has 2 heterocycles. The van der Waals surface area contributed by atoms with Crippen molar-refractivity contribution in [1.29, 1.82) is 0 Å². The van der Waals surface area contributed by atoms with E-state index >= 15 is 0 Å². The summed E-state index contributed by atoms with van der Waals surface area (Å²) in [5, 5.41) is 14.9. The first kappa shape index (κ1) is 21.9. The van der Waals surface area contributed by atoms with E-state index < -0.39 is 0 Å². The van der Waals surface area contributed by atoms with E-state index in [-0.39, 0.29) is 6.10 Å². The number of rotatable bonds is 10. The smallest absolute Gasteiger partial charge is 0.191 e. The van der Waals surface area contributed by atoms with Gasteiger partial charge in [0.15, 0.2) is 5.96 Å². The predicted molar refractivity (Wildman–Crippen MR) is 118 cm³/mol. The molecule has 0 amide bonds. The minimum Gasteiger partial charge on any atom is -0.494 e. The van der Waals surface area contributed by atoms with E-state index in [2.05, 4.69) is 58.3 Å². The van der Waals surface area contributed by atoms with E-state index in [0.29, 0.717) is 13.2 Å². The molecule has 8 heteroatoms. The van der Waals surface area contributed by atoms with Gasteiger partial charge in [-0.3, -0.25) is 0 Å². The minimum atomic E-state index is 0.211. The zero-order valence-electron chi connectivity index (χ0n) is 18.6. The van der Waals surface area contributed by atoms with Gasteiger partial charge >= 0.3 is 0 Å². The Kier molecular flexibility index (Phi) is 7.93. The van der Waals surface area contributed by atoms with E-state index in [1.807, 2.05) is 6.92 Å². The van der Waals surface area contributed by atoms with Gasteiger partial charge in [0.1, 0.15) is 29.8 Å². The van der Waals surface area contributed by atoms with Gasteiger partial charge in [-0.15, -0.1) is 10.2 Å². The first-order chi connectivity index (χ1) is 14.6. The average Bonchev–Trinajstić information content (AvgIpc) is 3.34. The highest BCUT2D eigenvalue weighted by molar-refractivity contribution is 5.79. The molecule has 30 heavy (non-hydrogen) atoms. The standard InChI is InChI=1S/C22H34N6O2/c1-5-8-23-22(24-9-10-28-15-26-27-21(28)6-2)25-14-18-13-20-17(11-16(4)30-20)12-19(18)29-7-3/h12-13,15-16H,5-11,14H2,1-4H3,(H2,23,24,25). The third-order valence-electron chi connectivity index (χ3n) is 4.99. The fourth-order valence-electron chi connectivity index (χ4n) is 3.51. The van der Waals surface area contributed by atoms with Crippen LogP contribution < -0.4 is 20.1 Å². The summed E-state index contributed by atoms with van der Waals surface area (Å²) in [5.74, 6) is 3.63. The Labute approximate surface area is 179 Å². The van der Waals surface area contributed by atoms with Crippen molar-refractivity contribution >= 4 is 5.96 Å². The van der Waals surface area contributed by atoms with Crippen LogP contribution in [-0.2, 0) is 25.9 Å². The van der Waals surface area contributed by atoms with Gasteiger partial charge in [-0.25, -0.2) is 4.99 Å². The SMILES string of the molecule is CCCNC(=NCc1cc2c(cc1OCC)CC(C)O2)NCCn1cnnc1CC. The van der Waals surface area contributed by atoms with Gasteiger partial charge in [0.05, 0.1) is 13.2 Å². The number of fused-ring (bicyclic) bond motifs is 1. The molecule has 0 bridgehead atoms. The van der Waals surface area contributed by atoms with Crippen LogP contribution in [0.25, 0.3) is 0 Å². The van der Waals surface area contributed by atoms with Crippen molar-refractivity contribution in [1.82, 2.24) is 25.4 Å². The molecule has 0 saturated carbocycles. The molecule has 0 fully saturated rings. The molecule has 1 unspecified atom stereocenters. The zero-order valence-corrected chi connectivity index (χ0v) is 18.6. The van der Waals surface area contributed by atoms with Crippen LogP contribution in [-0.4, -0.2) is 46.5 Å². The van der Waals surface area contributed by atoms with Crippen LogP contribution in [0.5, 0.6) is 11.5 Å². The third kappa shape index (κ3) is 5.64. The Hall–Kier alpha value is -2.77. The number of aromatic nitrogens is 3. The van der Waals surface area contributed by atoms with Crippen LogP contribution in [0, 0.1) is 0 Å². The number of hydrogen-bond donors (Lipinski definition) is 2. The molecular weight excluding hydrogens is 380 g/mol. The predicted octanol–water partition coefficient (Wildman–Crippen LogP) is 2.71. The lowest BCUT2D eigenvalue weighted by atomic mass is 10.1. The molecule has 2 aromatic rings. The summed E-state index contributed by atoms with van der Waals surface area (Å²) < 4.78 is 13.9. The van der Waals surface area contributed by atoms with Crippen molar-refractivity contribution in [3.05, 3.63) is 35.4 Å². The summed E-state index contributed by atoms with van der Waals surface area (Å²) in [5.41, 5.74) is 2.25. The molecule has 1 aromatic carbocycles. The summed E-state index contributed by atoms with van der Waals surface area (Å²) in [6.07, 6.45) is 4.81. The van der Waals surface area contributed by atoms with Crippen LogP contribution in [0.2, 0.25) is 0 Å². The number of nitrogens with zero attached hydrogens (tertiary/aromatic N) is 4. The highest BCUT2D eigenvalue weighted by Crippen LogP contribution is 2.35. The Bertz CT molecular complexity index is 848. The summed E-state index contributed by atoms with van der Waals surface area (Å²) in [7, 11) is 0. The molecule has 0 spiro atoms. The molecule has 0 radical (unpaired) electrons. The van der Waals surface area contributed by atoms with Gasteiger partial charge in [-0.2, -0.15) is 0 Å². The maximum absolute atomic E-state index is 5.93. The van der Waals surface area contributed by atoms with Crippen LogP contribution in [0.1, 0.15) is 51.1 Å². The highest BCUT2D eigenvalue weighted by Gasteiger charge is 2.21. The van der Waals surface area contributed by atoms with E-state index in [1.165, 1.54) is 5.56 Å². The Morgan fingerprint density at radius 3 is 2.87 bits per heavy atom.